The van der Waals surface area contributed by atoms with Crippen molar-refractivity contribution >= 4 is 12.1 Å². The van der Waals surface area contributed by atoms with E-state index in [-0.39, 0.29) is 18.3 Å². The third-order valence-corrected chi connectivity index (χ3v) is 3.87. The molecule has 0 radical (unpaired) electrons. The van der Waals surface area contributed by atoms with Crippen LogP contribution in [-0.2, 0) is 17.8 Å². The molecular weight excluding hydrogens is 328 g/mol. The van der Waals surface area contributed by atoms with Crippen molar-refractivity contribution < 1.29 is 28.7 Å². The maximum atomic E-state index is 12.3. The van der Waals surface area contributed by atoms with Crippen molar-refractivity contribution in [2.45, 2.75) is 25.8 Å². The summed E-state index contributed by atoms with van der Waals surface area (Å²) in [6.07, 6.45) is -0.0306. The fourth-order valence-electron chi connectivity index (χ4n) is 2.65. The number of hydrogen-bond donors (Lipinski definition) is 1. The summed E-state index contributed by atoms with van der Waals surface area (Å²) in [5.74, 6) is 1.22. The molecule has 1 aliphatic rings. The summed E-state index contributed by atoms with van der Waals surface area (Å²) >= 11 is 0. The summed E-state index contributed by atoms with van der Waals surface area (Å²) in [5, 5.41) is 12.3. The number of carbonyl (C=O) groups excluding carboxylic acids is 1. The number of nitrogens with zero attached hydrogens (tertiary/aromatic N) is 2. The van der Waals surface area contributed by atoms with E-state index in [0.29, 0.717) is 43.7 Å². The lowest BCUT2D eigenvalue weighted by Gasteiger charge is -2.25. The van der Waals surface area contributed by atoms with Gasteiger partial charge in [-0.25, -0.2) is 4.79 Å². The standard InChI is InChI=1S/C17H18N2O6/c20-15(7-4-10-23-12-5-2-1-3-6-12)19-9-8-14-13(11-19)16(18-25-14)24-17(21)22/h1-3,5-6H,4,7-11H2,(H,21,22). The smallest absolute Gasteiger partial charge is 0.494 e. The lowest BCUT2D eigenvalue weighted by Crippen LogP contribution is -2.35. The van der Waals surface area contributed by atoms with Crippen molar-refractivity contribution in [2.24, 2.45) is 0 Å². The zero-order valence-electron chi connectivity index (χ0n) is 13.5. The van der Waals surface area contributed by atoms with Gasteiger partial charge < -0.3 is 24.0 Å². The van der Waals surface area contributed by atoms with Crippen molar-refractivity contribution in [3.63, 3.8) is 0 Å². The van der Waals surface area contributed by atoms with Crippen LogP contribution in [0.4, 0.5) is 4.79 Å². The number of para-hydroxylation sites is 1. The fourth-order valence-corrected chi connectivity index (χ4v) is 2.65. The summed E-state index contributed by atoms with van der Waals surface area (Å²) < 4.78 is 15.2. The molecule has 0 saturated heterocycles. The predicted octanol–water partition coefficient (Wildman–Crippen LogP) is 2.48. The van der Waals surface area contributed by atoms with E-state index in [2.05, 4.69) is 9.89 Å². The topological polar surface area (TPSA) is 102 Å². The van der Waals surface area contributed by atoms with Crippen LogP contribution in [0, 0.1) is 0 Å². The molecule has 2 heterocycles. The third-order valence-electron chi connectivity index (χ3n) is 3.87. The molecule has 0 unspecified atom stereocenters. The number of fused-ring (bicyclic) bond motifs is 1. The molecule has 25 heavy (non-hydrogen) atoms. The zero-order valence-corrected chi connectivity index (χ0v) is 13.5. The van der Waals surface area contributed by atoms with Gasteiger partial charge in [0.05, 0.1) is 18.7 Å². The molecular formula is C17H18N2O6. The Hall–Kier alpha value is -3.03. The molecule has 8 heteroatoms. The highest BCUT2D eigenvalue weighted by Gasteiger charge is 2.28. The first-order valence-electron chi connectivity index (χ1n) is 7.97. The largest absolute Gasteiger partial charge is 0.512 e. The van der Waals surface area contributed by atoms with Gasteiger partial charge in [0.1, 0.15) is 11.5 Å². The summed E-state index contributed by atoms with van der Waals surface area (Å²) in [7, 11) is 0. The van der Waals surface area contributed by atoms with Gasteiger partial charge in [0, 0.05) is 19.4 Å². The Labute approximate surface area is 143 Å². The molecule has 2 aromatic rings. The van der Waals surface area contributed by atoms with E-state index in [0.717, 1.165) is 5.75 Å². The van der Waals surface area contributed by atoms with E-state index < -0.39 is 6.16 Å². The molecule has 1 aliphatic heterocycles. The van der Waals surface area contributed by atoms with Gasteiger partial charge in [-0.05, 0) is 23.7 Å². The number of carbonyl (C=O) groups is 2. The van der Waals surface area contributed by atoms with Gasteiger partial charge in [0.25, 0.3) is 5.88 Å². The fraction of sp³-hybridized carbons (Fsp3) is 0.353. The van der Waals surface area contributed by atoms with Gasteiger partial charge in [-0.2, -0.15) is 0 Å². The van der Waals surface area contributed by atoms with Crippen molar-refractivity contribution in [3.8, 4) is 11.6 Å². The molecule has 0 fully saturated rings. The molecule has 132 valence electrons. The molecule has 0 saturated carbocycles. The first kappa shape index (κ1) is 16.8. The number of hydrogen-bond acceptors (Lipinski definition) is 6. The molecule has 0 atom stereocenters. The molecule has 8 nitrogen and oxygen atoms in total. The number of carboxylic acid groups (broad SMARTS) is 1. The van der Waals surface area contributed by atoms with Crippen LogP contribution in [0.15, 0.2) is 34.9 Å². The van der Waals surface area contributed by atoms with E-state index in [1.54, 1.807) is 4.90 Å². The van der Waals surface area contributed by atoms with Crippen molar-refractivity contribution in [2.75, 3.05) is 13.2 Å². The minimum absolute atomic E-state index is 0.0233. The Morgan fingerprint density at radius 3 is 2.84 bits per heavy atom. The maximum Gasteiger partial charge on any atom is 0.512 e. The van der Waals surface area contributed by atoms with E-state index in [4.69, 9.17) is 14.4 Å². The SMILES string of the molecule is O=C(O)Oc1noc2c1CN(C(=O)CCCOc1ccccc1)CC2. The van der Waals surface area contributed by atoms with Crippen LogP contribution in [0.1, 0.15) is 24.2 Å². The van der Waals surface area contributed by atoms with Crippen LogP contribution in [0.5, 0.6) is 11.6 Å². The van der Waals surface area contributed by atoms with Crippen molar-refractivity contribution in [3.05, 3.63) is 41.7 Å². The second-order valence-electron chi connectivity index (χ2n) is 5.59. The average Bonchev–Trinajstić information content (AvgIpc) is 3.01. The Morgan fingerprint density at radius 2 is 2.08 bits per heavy atom. The quantitative estimate of drug-likeness (QED) is 0.633. The zero-order chi connectivity index (χ0) is 17.6. The molecule has 1 amide bonds. The Morgan fingerprint density at radius 1 is 1.28 bits per heavy atom. The molecule has 0 spiro atoms. The molecule has 0 aliphatic carbocycles. The molecule has 3 rings (SSSR count). The number of benzene rings is 1. The lowest BCUT2D eigenvalue weighted by atomic mass is 10.1. The van der Waals surface area contributed by atoms with Gasteiger partial charge in [-0.3, -0.25) is 4.79 Å². The molecule has 0 bridgehead atoms. The van der Waals surface area contributed by atoms with Crippen LogP contribution in [0.3, 0.4) is 0 Å². The Balaban J connectivity index is 1.48. The van der Waals surface area contributed by atoms with Gasteiger partial charge in [-0.15, -0.1) is 0 Å². The normalized spacial score (nSPS) is 13.2. The van der Waals surface area contributed by atoms with Gasteiger partial charge in [-0.1, -0.05) is 18.2 Å². The van der Waals surface area contributed by atoms with Crippen LogP contribution in [-0.4, -0.2) is 40.4 Å². The molecule has 1 N–H and O–H groups in total. The van der Waals surface area contributed by atoms with Crippen LogP contribution in [0.25, 0.3) is 0 Å². The third kappa shape index (κ3) is 4.28. The van der Waals surface area contributed by atoms with E-state index in [1.807, 2.05) is 30.3 Å². The summed E-state index contributed by atoms with van der Waals surface area (Å²) in [6, 6.07) is 9.42. The van der Waals surface area contributed by atoms with Gasteiger partial charge in [0.2, 0.25) is 5.91 Å². The second-order valence-corrected chi connectivity index (χ2v) is 5.59. The number of aromatic nitrogens is 1. The highest BCUT2D eigenvalue weighted by Crippen LogP contribution is 2.28. The monoisotopic (exact) mass is 346 g/mol. The van der Waals surface area contributed by atoms with Crippen molar-refractivity contribution in [1.29, 1.82) is 0 Å². The van der Waals surface area contributed by atoms with Crippen LogP contribution >= 0.6 is 0 Å². The predicted molar refractivity (Wildman–Crippen MR) is 85.4 cm³/mol. The van der Waals surface area contributed by atoms with Crippen LogP contribution < -0.4 is 9.47 Å². The van der Waals surface area contributed by atoms with E-state index >= 15 is 0 Å². The summed E-state index contributed by atoms with van der Waals surface area (Å²) in [6.45, 7) is 1.20. The van der Waals surface area contributed by atoms with E-state index in [1.165, 1.54) is 0 Å². The molecule has 1 aromatic heterocycles. The Bertz CT molecular complexity index is 743. The average molecular weight is 346 g/mol. The lowest BCUT2D eigenvalue weighted by molar-refractivity contribution is -0.132. The first-order chi connectivity index (χ1) is 12.1. The summed E-state index contributed by atoms with van der Waals surface area (Å²) in [5.41, 5.74) is 0.516. The Kier molecular flexibility index (Phi) is 5.17. The maximum absolute atomic E-state index is 12.3. The second kappa shape index (κ2) is 7.69. The highest BCUT2D eigenvalue weighted by atomic mass is 16.7. The highest BCUT2D eigenvalue weighted by molar-refractivity contribution is 5.76. The van der Waals surface area contributed by atoms with E-state index in [9.17, 15) is 9.59 Å². The van der Waals surface area contributed by atoms with Crippen molar-refractivity contribution in [1.82, 2.24) is 10.1 Å². The van der Waals surface area contributed by atoms with Gasteiger partial charge in [0.15, 0.2) is 0 Å². The summed E-state index contributed by atoms with van der Waals surface area (Å²) in [4.78, 5) is 24.6. The minimum atomic E-state index is -1.46. The first-order valence-corrected chi connectivity index (χ1v) is 7.97. The van der Waals surface area contributed by atoms with Crippen LogP contribution in [0.2, 0.25) is 0 Å². The number of amides is 1. The van der Waals surface area contributed by atoms with Gasteiger partial charge >= 0.3 is 6.16 Å². The molecule has 1 aromatic carbocycles. The number of ether oxygens (including phenoxy) is 2. The minimum Gasteiger partial charge on any atom is -0.494 e. The number of rotatable bonds is 6.